The fourth-order valence-corrected chi connectivity index (χ4v) is 2.21. The lowest BCUT2D eigenvalue weighted by molar-refractivity contribution is -0.136. The third-order valence-electron chi connectivity index (χ3n) is 3.10. The Morgan fingerprint density at radius 2 is 1.95 bits per heavy atom. The quantitative estimate of drug-likeness (QED) is 0.856. The van der Waals surface area contributed by atoms with Crippen LogP contribution in [-0.2, 0) is 17.8 Å². The van der Waals surface area contributed by atoms with Crippen LogP contribution in [0, 0.1) is 0 Å². The van der Waals surface area contributed by atoms with Crippen LogP contribution in [0.1, 0.15) is 11.1 Å². The summed E-state index contributed by atoms with van der Waals surface area (Å²) >= 11 is 6.13. The van der Waals surface area contributed by atoms with Crippen LogP contribution in [0.15, 0.2) is 42.5 Å². The molecule has 2 N–H and O–H groups in total. The molecular formula is C16H16ClNO3. The molecule has 0 atom stereocenters. The number of carbonyl (C=O) groups is 1. The highest BCUT2D eigenvalue weighted by molar-refractivity contribution is 6.33. The number of aliphatic carboxylic acids is 1. The molecule has 0 saturated heterocycles. The summed E-state index contributed by atoms with van der Waals surface area (Å²) in [6.07, 6.45) is 0.00367. The van der Waals surface area contributed by atoms with Gasteiger partial charge in [0.15, 0.2) is 0 Å². The summed E-state index contributed by atoms with van der Waals surface area (Å²) in [6, 6.07) is 12.8. The van der Waals surface area contributed by atoms with Gasteiger partial charge in [-0.05, 0) is 23.3 Å². The molecule has 0 aliphatic carbocycles. The average Bonchev–Trinajstić information content (AvgIpc) is 2.47. The fourth-order valence-electron chi connectivity index (χ4n) is 2.02. The first-order valence-corrected chi connectivity index (χ1v) is 6.84. The Hall–Kier alpha value is -2.20. The van der Waals surface area contributed by atoms with Gasteiger partial charge in [0.05, 0.1) is 24.2 Å². The van der Waals surface area contributed by atoms with Crippen molar-refractivity contribution >= 4 is 23.3 Å². The number of halogens is 1. The molecule has 2 aromatic rings. The summed E-state index contributed by atoms with van der Waals surface area (Å²) < 4.78 is 5.16. The standard InChI is InChI=1S/C16H16ClNO3/c1-21-13-6-7-14(17)15(9-13)18-10-12-5-3-2-4-11(12)8-16(19)20/h2-7,9,18H,8,10H2,1H3,(H,19,20). The maximum Gasteiger partial charge on any atom is 0.307 e. The minimum Gasteiger partial charge on any atom is -0.497 e. The van der Waals surface area contributed by atoms with Gasteiger partial charge in [0.2, 0.25) is 0 Å². The van der Waals surface area contributed by atoms with Gasteiger partial charge < -0.3 is 15.2 Å². The Bertz CT molecular complexity index is 643. The molecule has 0 amide bonds. The number of methoxy groups -OCH3 is 1. The molecule has 4 nitrogen and oxygen atoms in total. The zero-order chi connectivity index (χ0) is 15.2. The van der Waals surface area contributed by atoms with Crippen LogP contribution in [0.25, 0.3) is 0 Å². The van der Waals surface area contributed by atoms with Gasteiger partial charge in [0.25, 0.3) is 0 Å². The lowest BCUT2D eigenvalue weighted by Crippen LogP contribution is -2.07. The Balaban J connectivity index is 2.15. The second-order valence-corrected chi connectivity index (χ2v) is 4.95. The minimum absolute atomic E-state index is 0.00367. The summed E-state index contributed by atoms with van der Waals surface area (Å²) in [5.74, 6) is -0.136. The molecule has 0 fully saturated rings. The highest BCUT2D eigenvalue weighted by Gasteiger charge is 2.07. The number of anilines is 1. The van der Waals surface area contributed by atoms with Crippen LogP contribution >= 0.6 is 11.6 Å². The molecule has 5 heteroatoms. The van der Waals surface area contributed by atoms with E-state index in [0.717, 1.165) is 16.8 Å². The first-order chi connectivity index (χ1) is 10.1. The molecule has 2 aromatic carbocycles. The SMILES string of the molecule is COc1ccc(Cl)c(NCc2ccccc2CC(=O)O)c1. The Morgan fingerprint density at radius 3 is 2.62 bits per heavy atom. The second kappa shape index (κ2) is 6.99. The van der Waals surface area contributed by atoms with Crippen LogP contribution in [0.4, 0.5) is 5.69 Å². The summed E-state index contributed by atoms with van der Waals surface area (Å²) in [7, 11) is 1.59. The van der Waals surface area contributed by atoms with Crippen molar-refractivity contribution in [2.24, 2.45) is 0 Å². The summed E-state index contributed by atoms with van der Waals surface area (Å²) in [5, 5.41) is 12.7. The predicted molar refractivity (Wildman–Crippen MR) is 83.1 cm³/mol. The zero-order valence-electron chi connectivity index (χ0n) is 11.6. The van der Waals surface area contributed by atoms with E-state index in [0.29, 0.717) is 17.3 Å². The van der Waals surface area contributed by atoms with Gasteiger partial charge in [-0.2, -0.15) is 0 Å². The molecule has 0 radical (unpaired) electrons. The van der Waals surface area contributed by atoms with Gasteiger partial charge in [0.1, 0.15) is 5.75 Å². The van der Waals surface area contributed by atoms with Gasteiger partial charge in [-0.25, -0.2) is 0 Å². The van der Waals surface area contributed by atoms with E-state index in [-0.39, 0.29) is 6.42 Å². The maximum absolute atomic E-state index is 10.9. The molecule has 110 valence electrons. The number of benzene rings is 2. The fraction of sp³-hybridized carbons (Fsp3) is 0.188. The van der Waals surface area contributed by atoms with E-state index in [1.165, 1.54) is 0 Å². The normalized spacial score (nSPS) is 10.2. The molecule has 0 bridgehead atoms. The Labute approximate surface area is 128 Å². The average molecular weight is 306 g/mol. The van der Waals surface area contributed by atoms with Gasteiger partial charge in [-0.3, -0.25) is 4.79 Å². The van der Waals surface area contributed by atoms with Gasteiger partial charge in [-0.15, -0.1) is 0 Å². The van der Waals surface area contributed by atoms with E-state index in [9.17, 15) is 4.79 Å². The zero-order valence-corrected chi connectivity index (χ0v) is 12.4. The molecule has 0 saturated carbocycles. The molecule has 0 heterocycles. The number of ether oxygens (including phenoxy) is 1. The van der Waals surface area contributed by atoms with E-state index >= 15 is 0 Å². The van der Waals surface area contributed by atoms with Crippen LogP contribution in [-0.4, -0.2) is 18.2 Å². The largest absolute Gasteiger partial charge is 0.497 e. The van der Waals surface area contributed by atoms with Crippen LogP contribution in [0.5, 0.6) is 5.75 Å². The van der Waals surface area contributed by atoms with Crippen molar-refractivity contribution in [2.75, 3.05) is 12.4 Å². The minimum atomic E-state index is -0.845. The van der Waals surface area contributed by atoms with Gasteiger partial charge in [-0.1, -0.05) is 35.9 Å². The van der Waals surface area contributed by atoms with E-state index in [2.05, 4.69) is 5.32 Å². The van der Waals surface area contributed by atoms with Crippen molar-refractivity contribution < 1.29 is 14.6 Å². The van der Waals surface area contributed by atoms with Crippen molar-refractivity contribution in [3.05, 3.63) is 58.6 Å². The second-order valence-electron chi connectivity index (χ2n) is 4.54. The number of nitrogens with one attached hydrogen (secondary N) is 1. The number of carboxylic acid groups (broad SMARTS) is 1. The smallest absolute Gasteiger partial charge is 0.307 e. The maximum atomic E-state index is 10.9. The summed E-state index contributed by atoms with van der Waals surface area (Å²) in [5.41, 5.74) is 2.47. The highest BCUT2D eigenvalue weighted by Crippen LogP contribution is 2.27. The lowest BCUT2D eigenvalue weighted by Gasteiger charge is -2.12. The van der Waals surface area contributed by atoms with Gasteiger partial charge >= 0.3 is 5.97 Å². The third-order valence-corrected chi connectivity index (χ3v) is 3.43. The highest BCUT2D eigenvalue weighted by atomic mass is 35.5. The number of carboxylic acids is 1. The summed E-state index contributed by atoms with van der Waals surface area (Å²) in [6.45, 7) is 0.496. The Kier molecular flexibility index (Phi) is 5.06. The van der Waals surface area contributed by atoms with E-state index in [4.69, 9.17) is 21.4 Å². The summed E-state index contributed by atoms with van der Waals surface area (Å²) in [4.78, 5) is 10.9. The van der Waals surface area contributed by atoms with E-state index < -0.39 is 5.97 Å². The number of hydrogen-bond donors (Lipinski definition) is 2. The topological polar surface area (TPSA) is 58.6 Å². The lowest BCUT2D eigenvalue weighted by atomic mass is 10.0. The van der Waals surface area contributed by atoms with Crippen molar-refractivity contribution in [3.8, 4) is 5.75 Å². The van der Waals surface area contributed by atoms with Crippen LogP contribution in [0.3, 0.4) is 0 Å². The van der Waals surface area contributed by atoms with E-state index in [1.54, 1.807) is 19.2 Å². The van der Waals surface area contributed by atoms with Crippen LogP contribution in [0.2, 0.25) is 5.02 Å². The molecule has 0 spiro atoms. The van der Waals surface area contributed by atoms with Crippen LogP contribution < -0.4 is 10.1 Å². The molecule has 2 rings (SSSR count). The third kappa shape index (κ3) is 4.13. The van der Waals surface area contributed by atoms with Gasteiger partial charge in [0, 0.05) is 12.6 Å². The molecule has 0 aromatic heterocycles. The molecular weight excluding hydrogens is 290 g/mol. The van der Waals surface area contributed by atoms with E-state index in [1.807, 2.05) is 30.3 Å². The predicted octanol–water partition coefficient (Wildman–Crippen LogP) is 3.59. The molecule has 0 aliphatic heterocycles. The van der Waals surface area contributed by atoms with Crippen molar-refractivity contribution in [3.63, 3.8) is 0 Å². The Morgan fingerprint density at radius 1 is 1.24 bits per heavy atom. The molecule has 21 heavy (non-hydrogen) atoms. The van der Waals surface area contributed by atoms with Crippen molar-refractivity contribution in [1.82, 2.24) is 0 Å². The molecule has 0 aliphatic rings. The molecule has 0 unspecified atom stereocenters. The van der Waals surface area contributed by atoms with Crippen molar-refractivity contribution in [1.29, 1.82) is 0 Å². The number of hydrogen-bond acceptors (Lipinski definition) is 3. The monoisotopic (exact) mass is 305 g/mol. The van der Waals surface area contributed by atoms with Crippen molar-refractivity contribution in [2.45, 2.75) is 13.0 Å². The first kappa shape index (κ1) is 15.2. The number of rotatable bonds is 6. The first-order valence-electron chi connectivity index (χ1n) is 6.46.